The molecule has 0 bridgehead atoms. The zero-order valence-corrected chi connectivity index (χ0v) is 16.8. The Morgan fingerprint density at radius 2 is 1.79 bits per heavy atom. The molecule has 0 saturated carbocycles. The standard InChI is InChI=1S/C24H25NO4/c1-3-29-17-13-11-16(12-14-17)25-20-8-6-9-21(26)24(20)19(15-23(25)27)18-7-4-5-10-22(18)28-2/h4-5,7,10-14,19H,3,6,8-9,15H2,1-2H3. The van der Waals surface area contributed by atoms with Crippen LogP contribution in [0.25, 0.3) is 0 Å². The van der Waals surface area contributed by atoms with Crippen molar-refractivity contribution in [1.82, 2.24) is 0 Å². The van der Waals surface area contributed by atoms with E-state index in [4.69, 9.17) is 9.47 Å². The van der Waals surface area contributed by atoms with E-state index < -0.39 is 0 Å². The van der Waals surface area contributed by atoms with Crippen LogP contribution in [0.1, 0.15) is 44.1 Å². The van der Waals surface area contributed by atoms with Gasteiger partial charge in [0.05, 0.1) is 13.7 Å². The lowest BCUT2D eigenvalue weighted by molar-refractivity contribution is -0.119. The van der Waals surface area contributed by atoms with Crippen LogP contribution in [0.3, 0.4) is 0 Å². The number of methoxy groups -OCH3 is 1. The Labute approximate surface area is 170 Å². The molecule has 2 aromatic rings. The maximum atomic E-state index is 13.3. The number of carbonyl (C=O) groups is 2. The molecule has 0 aromatic heterocycles. The predicted molar refractivity (Wildman–Crippen MR) is 111 cm³/mol. The number of carbonyl (C=O) groups excluding carboxylic acids is 2. The Morgan fingerprint density at radius 3 is 2.52 bits per heavy atom. The second kappa shape index (κ2) is 8.11. The van der Waals surface area contributed by atoms with E-state index in [1.807, 2.05) is 55.5 Å². The number of hydrogen-bond acceptors (Lipinski definition) is 4. The van der Waals surface area contributed by atoms with E-state index in [2.05, 4.69) is 0 Å². The molecule has 29 heavy (non-hydrogen) atoms. The molecule has 1 aliphatic heterocycles. The number of para-hydroxylation sites is 1. The second-order valence-electron chi connectivity index (χ2n) is 7.29. The van der Waals surface area contributed by atoms with Gasteiger partial charge in [-0.05, 0) is 50.1 Å². The molecule has 5 nitrogen and oxygen atoms in total. The smallest absolute Gasteiger partial charge is 0.232 e. The van der Waals surface area contributed by atoms with Crippen LogP contribution < -0.4 is 14.4 Å². The first-order chi connectivity index (χ1) is 14.1. The van der Waals surface area contributed by atoms with Crippen molar-refractivity contribution in [1.29, 1.82) is 0 Å². The Morgan fingerprint density at radius 1 is 1.03 bits per heavy atom. The summed E-state index contributed by atoms with van der Waals surface area (Å²) in [6.07, 6.45) is 2.25. The topological polar surface area (TPSA) is 55.8 Å². The van der Waals surface area contributed by atoms with Crippen molar-refractivity contribution < 1.29 is 19.1 Å². The molecule has 0 radical (unpaired) electrons. The molecule has 0 fully saturated rings. The quantitative estimate of drug-likeness (QED) is 0.746. The Balaban J connectivity index is 1.80. The fourth-order valence-corrected chi connectivity index (χ4v) is 4.37. The summed E-state index contributed by atoms with van der Waals surface area (Å²) < 4.78 is 11.0. The molecule has 2 aliphatic rings. The molecular formula is C24H25NO4. The zero-order chi connectivity index (χ0) is 20.4. The number of benzene rings is 2. The van der Waals surface area contributed by atoms with E-state index in [0.29, 0.717) is 25.2 Å². The third-order valence-electron chi connectivity index (χ3n) is 5.60. The maximum absolute atomic E-state index is 13.3. The van der Waals surface area contributed by atoms with Crippen molar-refractivity contribution in [2.75, 3.05) is 18.6 Å². The van der Waals surface area contributed by atoms with Gasteiger partial charge in [-0.25, -0.2) is 0 Å². The van der Waals surface area contributed by atoms with Crippen LogP contribution in [0.5, 0.6) is 11.5 Å². The molecule has 2 aromatic carbocycles. The van der Waals surface area contributed by atoms with E-state index in [0.717, 1.165) is 34.7 Å². The first-order valence-electron chi connectivity index (χ1n) is 10.1. The van der Waals surface area contributed by atoms with Gasteiger partial charge < -0.3 is 9.47 Å². The van der Waals surface area contributed by atoms with Gasteiger partial charge in [-0.1, -0.05) is 18.2 Å². The van der Waals surface area contributed by atoms with Gasteiger partial charge in [0, 0.05) is 41.3 Å². The fourth-order valence-electron chi connectivity index (χ4n) is 4.37. The second-order valence-corrected chi connectivity index (χ2v) is 7.29. The van der Waals surface area contributed by atoms with Gasteiger partial charge in [0.15, 0.2) is 5.78 Å². The minimum Gasteiger partial charge on any atom is -0.496 e. The molecule has 0 spiro atoms. The van der Waals surface area contributed by atoms with Gasteiger partial charge in [-0.2, -0.15) is 0 Å². The summed E-state index contributed by atoms with van der Waals surface area (Å²) in [4.78, 5) is 28.0. The first kappa shape index (κ1) is 19.2. The highest BCUT2D eigenvalue weighted by molar-refractivity contribution is 6.07. The molecule has 0 saturated heterocycles. The van der Waals surface area contributed by atoms with Crippen LogP contribution in [-0.2, 0) is 9.59 Å². The van der Waals surface area contributed by atoms with Gasteiger partial charge in [0.1, 0.15) is 11.5 Å². The van der Waals surface area contributed by atoms with E-state index in [-0.39, 0.29) is 24.0 Å². The van der Waals surface area contributed by atoms with Crippen LogP contribution in [0.4, 0.5) is 5.69 Å². The molecular weight excluding hydrogens is 366 g/mol. The molecule has 1 unspecified atom stereocenters. The number of allylic oxidation sites excluding steroid dienone is 2. The van der Waals surface area contributed by atoms with Crippen molar-refractivity contribution >= 4 is 17.4 Å². The Bertz CT molecular complexity index is 961. The fraction of sp³-hybridized carbons (Fsp3) is 0.333. The van der Waals surface area contributed by atoms with Crippen molar-refractivity contribution in [3.05, 3.63) is 65.4 Å². The number of rotatable bonds is 5. The minimum atomic E-state index is -0.264. The molecule has 1 heterocycles. The molecule has 5 heteroatoms. The predicted octanol–water partition coefficient (Wildman–Crippen LogP) is 4.62. The zero-order valence-electron chi connectivity index (χ0n) is 16.8. The van der Waals surface area contributed by atoms with Gasteiger partial charge >= 0.3 is 0 Å². The monoisotopic (exact) mass is 391 g/mol. The summed E-state index contributed by atoms with van der Waals surface area (Å²) in [5.74, 6) is 1.34. The average Bonchev–Trinajstić information content (AvgIpc) is 2.74. The highest BCUT2D eigenvalue weighted by Crippen LogP contribution is 2.45. The van der Waals surface area contributed by atoms with Gasteiger partial charge in [-0.3, -0.25) is 14.5 Å². The van der Waals surface area contributed by atoms with Gasteiger partial charge in [0.2, 0.25) is 5.91 Å². The number of amides is 1. The lowest BCUT2D eigenvalue weighted by Crippen LogP contribution is -2.40. The lowest BCUT2D eigenvalue weighted by atomic mass is 9.77. The first-order valence-corrected chi connectivity index (χ1v) is 10.1. The van der Waals surface area contributed by atoms with Gasteiger partial charge in [-0.15, -0.1) is 0 Å². The third kappa shape index (κ3) is 3.53. The highest BCUT2D eigenvalue weighted by Gasteiger charge is 2.40. The summed E-state index contributed by atoms with van der Waals surface area (Å²) >= 11 is 0. The average molecular weight is 391 g/mol. The number of nitrogens with zero attached hydrogens (tertiary/aromatic N) is 1. The molecule has 1 aliphatic carbocycles. The number of ketones is 1. The lowest BCUT2D eigenvalue weighted by Gasteiger charge is -2.38. The normalized spacial score (nSPS) is 19.2. The van der Waals surface area contributed by atoms with Crippen molar-refractivity contribution in [3.63, 3.8) is 0 Å². The molecule has 1 atom stereocenters. The number of hydrogen-bond donors (Lipinski definition) is 0. The minimum absolute atomic E-state index is 0.00137. The van der Waals surface area contributed by atoms with Crippen molar-refractivity contribution in [3.8, 4) is 11.5 Å². The molecule has 150 valence electrons. The van der Waals surface area contributed by atoms with Gasteiger partial charge in [0.25, 0.3) is 0 Å². The number of anilines is 1. The van der Waals surface area contributed by atoms with E-state index in [9.17, 15) is 9.59 Å². The summed E-state index contributed by atoms with van der Waals surface area (Å²) in [7, 11) is 1.62. The van der Waals surface area contributed by atoms with Crippen LogP contribution in [0.15, 0.2) is 59.8 Å². The molecule has 1 amide bonds. The number of Topliss-reactive ketones (excluding diaryl/α,β-unsaturated/α-hetero) is 1. The molecule has 4 rings (SSSR count). The van der Waals surface area contributed by atoms with E-state index in [1.54, 1.807) is 12.0 Å². The van der Waals surface area contributed by atoms with Crippen LogP contribution >= 0.6 is 0 Å². The van der Waals surface area contributed by atoms with E-state index in [1.165, 1.54) is 0 Å². The van der Waals surface area contributed by atoms with E-state index >= 15 is 0 Å². The summed E-state index contributed by atoms with van der Waals surface area (Å²) in [5, 5.41) is 0. The third-order valence-corrected chi connectivity index (χ3v) is 5.60. The SMILES string of the molecule is CCOc1ccc(N2C(=O)CC(c3ccccc3OC)C3=C2CCCC3=O)cc1. The molecule has 0 N–H and O–H groups in total. The highest BCUT2D eigenvalue weighted by atomic mass is 16.5. The Kier molecular flexibility index (Phi) is 5.38. The summed E-state index contributed by atoms with van der Waals surface area (Å²) in [5.41, 5.74) is 3.27. The number of ether oxygens (including phenoxy) is 2. The van der Waals surface area contributed by atoms with Crippen LogP contribution in [0.2, 0.25) is 0 Å². The van der Waals surface area contributed by atoms with Crippen LogP contribution in [-0.4, -0.2) is 25.4 Å². The van der Waals surface area contributed by atoms with Crippen LogP contribution in [0, 0.1) is 0 Å². The Hall–Kier alpha value is -3.08. The summed E-state index contributed by atoms with van der Waals surface area (Å²) in [6, 6.07) is 15.2. The maximum Gasteiger partial charge on any atom is 0.232 e. The van der Waals surface area contributed by atoms with Crippen molar-refractivity contribution in [2.45, 2.75) is 38.5 Å². The largest absolute Gasteiger partial charge is 0.496 e. The summed E-state index contributed by atoms with van der Waals surface area (Å²) in [6.45, 7) is 2.52. The van der Waals surface area contributed by atoms with Crippen molar-refractivity contribution in [2.24, 2.45) is 0 Å².